The minimum absolute atomic E-state index is 0.00942. The van der Waals surface area contributed by atoms with Crippen LogP contribution >= 0.6 is 27.3 Å². The second kappa shape index (κ2) is 9.85. The number of alkyl halides is 3. The third-order valence-electron chi connectivity index (χ3n) is 5.47. The number of amides is 2. The third-order valence-corrected chi connectivity index (χ3v) is 7.45. The number of nitrogens with one attached hydrogen (secondary N) is 1. The van der Waals surface area contributed by atoms with Gasteiger partial charge in [0.15, 0.2) is 5.69 Å². The molecule has 0 spiro atoms. The van der Waals surface area contributed by atoms with Crippen LogP contribution in [0.5, 0.6) is 0 Å². The molecule has 1 aliphatic rings. The zero-order chi connectivity index (χ0) is 24.5. The first-order chi connectivity index (χ1) is 15.5. The van der Waals surface area contributed by atoms with Gasteiger partial charge in [-0.2, -0.15) is 23.5 Å². The summed E-state index contributed by atoms with van der Waals surface area (Å²) in [5, 5.41) is 16.1. The van der Waals surface area contributed by atoms with Gasteiger partial charge >= 0.3 is 6.18 Å². The lowest BCUT2D eigenvalue weighted by Gasteiger charge is -2.17. The van der Waals surface area contributed by atoms with Crippen LogP contribution in [0.25, 0.3) is 0 Å². The lowest BCUT2D eigenvalue weighted by atomic mass is 10.1. The highest BCUT2D eigenvalue weighted by atomic mass is 79.9. The van der Waals surface area contributed by atoms with E-state index in [2.05, 4.69) is 26.3 Å². The molecule has 0 aliphatic heterocycles. The van der Waals surface area contributed by atoms with Gasteiger partial charge in [-0.05, 0) is 55.1 Å². The number of rotatable bonds is 8. The Morgan fingerprint density at radius 1 is 1.33 bits per heavy atom. The molecular weight excluding hydrogens is 523 g/mol. The summed E-state index contributed by atoms with van der Waals surface area (Å²) in [6, 6.07) is 2.03. The molecule has 0 radical (unpaired) electrons. The molecule has 1 fully saturated rings. The fraction of sp³-hybridized carbons (Fsp3) is 0.524. The highest BCUT2D eigenvalue weighted by molar-refractivity contribution is 9.10. The molecule has 0 aromatic carbocycles. The van der Waals surface area contributed by atoms with E-state index in [-0.39, 0.29) is 39.8 Å². The van der Waals surface area contributed by atoms with Crippen LogP contribution in [0, 0.1) is 18.3 Å². The molecule has 0 bridgehead atoms. The van der Waals surface area contributed by atoms with Gasteiger partial charge in [0.2, 0.25) is 5.91 Å². The molecule has 0 unspecified atom stereocenters. The Kier molecular flexibility index (Phi) is 7.53. The summed E-state index contributed by atoms with van der Waals surface area (Å²) in [4.78, 5) is 27.3. The maximum Gasteiger partial charge on any atom is 0.436 e. The van der Waals surface area contributed by atoms with E-state index in [1.807, 2.05) is 19.9 Å². The van der Waals surface area contributed by atoms with Crippen molar-refractivity contribution in [1.82, 2.24) is 14.7 Å². The Balaban J connectivity index is 1.77. The van der Waals surface area contributed by atoms with Crippen molar-refractivity contribution in [3.05, 3.63) is 31.9 Å². The quantitative estimate of drug-likeness (QED) is 0.487. The molecule has 7 nitrogen and oxygen atoms in total. The molecule has 1 aliphatic carbocycles. The smallest absolute Gasteiger partial charge is 0.338 e. The molecule has 2 amide bonds. The SMILES string of the molecule is CCN(CC)C(=O)c1sc(NC(=O)CCn2nc(C(F)(F)F)c(Br)c2C2CC2)c(C#N)c1C. The number of halogens is 4. The number of nitriles is 1. The number of carbonyl (C=O) groups excluding carboxylic acids is 2. The number of thiophene rings is 1. The Labute approximate surface area is 201 Å². The number of nitrogens with zero attached hydrogens (tertiary/aromatic N) is 4. The van der Waals surface area contributed by atoms with Crippen molar-refractivity contribution in [2.75, 3.05) is 18.4 Å². The van der Waals surface area contributed by atoms with Gasteiger partial charge in [0, 0.05) is 25.4 Å². The summed E-state index contributed by atoms with van der Waals surface area (Å²) in [6.07, 6.45) is -3.18. The summed E-state index contributed by atoms with van der Waals surface area (Å²) in [6.45, 7) is 6.35. The molecule has 1 N–H and O–H groups in total. The monoisotopic (exact) mass is 545 g/mol. The van der Waals surface area contributed by atoms with Crippen molar-refractivity contribution in [3.8, 4) is 6.07 Å². The minimum Gasteiger partial charge on any atom is -0.338 e. The van der Waals surface area contributed by atoms with Crippen molar-refractivity contribution >= 4 is 44.1 Å². The summed E-state index contributed by atoms with van der Waals surface area (Å²) in [5.74, 6) is -0.698. The maximum absolute atomic E-state index is 13.3. The molecule has 33 heavy (non-hydrogen) atoms. The Morgan fingerprint density at radius 3 is 2.48 bits per heavy atom. The van der Waals surface area contributed by atoms with Crippen LogP contribution in [-0.2, 0) is 17.5 Å². The van der Waals surface area contributed by atoms with Gasteiger partial charge in [-0.1, -0.05) is 0 Å². The summed E-state index contributed by atoms with van der Waals surface area (Å²) >= 11 is 4.06. The molecular formula is C21H23BrF3N5O2S. The van der Waals surface area contributed by atoms with E-state index in [1.165, 1.54) is 4.68 Å². The molecule has 0 saturated heterocycles. The summed E-state index contributed by atoms with van der Waals surface area (Å²) in [5.41, 5.74) is 0.164. The zero-order valence-electron chi connectivity index (χ0n) is 18.3. The standard InChI is InChI=1S/C21H23BrF3N5O2S/c1-4-29(5-2)20(32)17-11(3)13(10-26)19(33-17)27-14(31)8-9-30-16(12-6-7-12)15(22)18(28-30)21(23,24)25/h12H,4-9H2,1-3H3,(H,27,31). The second-order valence-corrected chi connectivity index (χ2v) is 9.50. The van der Waals surface area contributed by atoms with Crippen molar-refractivity contribution in [3.63, 3.8) is 0 Å². The number of aromatic nitrogens is 2. The van der Waals surface area contributed by atoms with Gasteiger partial charge in [-0.15, -0.1) is 11.3 Å². The van der Waals surface area contributed by atoms with E-state index in [4.69, 9.17) is 0 Å². The second-order valence-electron chi connectivity index (χ2n) is 7.69. The first-order valence-electron chi connectivity index (χ1n) is 10.5. The van der Waals surface area contributed by atoms with E-state index < -0.39 is 17.8 Å². The topological polar surface area (TPSA) is 91.0 Å². The largest absolute Gasteiger partial charge is 0.436 e. The Hall–Kier alpha value is -2.39. The number of carbonyl (C=O) groups is 2. The average Bonchev–Trinajstić information content (AvgIpc) is 3.45. The van der Waals surface area contributed by atoms with Crippen LogP contribution in [0.4, 0.5) is 18.2 Å². The molecule has 2 aromatic heterocycles. The van der Waals surface area contributed by atoms with Crippen molar-refractivity contribution in [1.29, 1.82) is 5.26 Å². The molecule has 0 atom stereocenters. The van der Waals surface area contributed by atoms with Gasteiger partial charge < -0.3 is 10.2 Å². The van der Waals surface area contributed by atoms with E-state index in [0.717, 1.165) is 24.2 Å². The maximum atomic E-state index is 13.3. The van der Waals surface area contributed by atoms with Gasteiger partial charge in [0.25, 0.3) is 5.91 Å². The van der Waals surface area contributed by atoms with Crippen LogP contribution in [0.3, 0.4) is 0 Å². The predicted molar refractivity (Wildman–Crippen MR) is 121 cm³/mol. The van der Waals surface area contributed by atoms with Crippen molar-refractivity contribution < 1.29 is 22.8 Å². The minimum atomic E-state index is -4.60. The highest BCUT2D eigenvalue weighted by Crippen LogP contribution is 2.47. The van der Waals surface area contributed by atoms with E-state index in [9.17, 15) is 28.0 Å². The third kappa shape index (κ3) is 5.24. The molecule has 2 heterocycles. The first kappa shape index (κ1) is 25.2. The molecule has 12 heteroatoms. The number of anilines is 1. The lowest BCUT2D eigenvalue weighted by Crippen LogP contribution is -2.30. The lowest BCUT2D eigenvalue weighted by molar-refractivity contribution is -0.142. The predicted octanol–water partition coefficient (Wildman–Crippen LogP) is 5.29. The fourth-order valence-corrected chi connectivity index (χ4v) is 5.52. The van der Waals surface area contributed by atoms with Crippen LogP contribution in [-0.4, -0.2) is 39.6 Å². The van der Waals surface area contributed by atoms with Crippen molar-refractivity contribution in [2.45, 2.75) is 58.7 Å². The summed E-state index contributed by atoms with van der Waals surface area (Å²) < 4.78 is 41.0. The van der Waals surface area contributed by atoms with Gasteiger partial charge in [-0.25, -0.2) is 0 Å². The highest BCUT2D eigenvalue weighted by Gasteiger charge is 2.41. The Bertz CT molecular complexity index is 1110. The van der Waals surface area contributed by atoms with Crippen molar-refractivity contribution in [2.24, 2.45) is 0 Å². The van der Waals surface area contributed by atoms with E-state index in [0.29, 0.717) is 29.2 Å². The van der Waals surface area contributed by atoms with Crippen LogP contribution in [0.2, 0.25) is 0 Å². The Morgan fingerprint density at radius 2 is 1.97 bits per heavy atom. The molecule has 3 rings (SSSR count). The number of hydrogen-bond acceptors (Lipinski definition) is 5. The normalized spacial score (nSPS) is 13.6. The van der Waals surface area contributed by atoms with E-state index >= 15 is 0 Å². The molecule has 1 saturated carbocycles. The van der Waals surface area contributed by atoms with Crippen LogP contribution in [0.1, 0.15) is 71.2 Å². The van der Waals surface area contributed by atoms with Crippen LogP contribution < -0.4 is 5.32 Å². The zero-order valence-corrected chi connectivity index (χ0v) is 20.7. The molecule has 178 valence electrons. The number of aryl methyl sites for hydroxylation is 1. The fourth-order valence-electron chi connectivity index (χ4n) is 3.54. The molecule has 2 aromatic rings. The average molecular weight is 546 g/mol. The van der Waals surface area contributed by atoms with Gasteiger partial charge in [0.05, 0.1) is 27.2 Å². The van der Waals surface area contributed by atoms with Crippen LogP contribution in [0.15, 0.2) is 4.47 Å². The number of hydrogen-bond donors (Lipinski definition) is 1. The van der Waals surface area contributed by atoms with Gasteiger partial charge in [-0.3, -0.25) is 14.3 Å². The van der Waals surface area contributed by atoms with Gasteiger partial charge in [0.1, 0.15) is 11.1 Å². The summed E-state index contributed by atoms with van der Waals surface area (Å²) in [7, 11) is 0. The first-order valence-corrected chi connectivity index (χ1v) is 12.1. The van der Waals surface area contributed by atoms with E-state index in [1.54, 1.807) is 11.8 Å².